The molecular formula is C16H17N5O3. The number of hydrogen-bond acceptors (Lipinski definition) is 5. The summed E-state index contributed by atoms with van der Waals surface area (Å²) in [6, 6.07) is 13.1. The second-order valence-electron chi connectivity index (χ2n) is 5.09. The number of benzene rings is 2. The third kappa shape index (κ3) is 4.54. The Labute approximate surface area is 138 Å². The Morgan fingerprint density at radius 2 is 1.92 bits per heavy atom. The van der Waals surface area contributed by atoms with Gasteiger partial charge in [0.25, 0.3) is 5.69 Å². The molecule has 0 aliphatic rings. The van der Waals surface area contributed by atoms with Gasteiger partial charge in [0.1, 0.15) is 5.69 Å². The van der Waals surface area contributed by atoms with E-state index in [0.717, 1.165) is 0 Å². The van der Waals surface area contributed by atoms with E-state index in [1.54, 1.807) is 55.4 Å². The van der Waals surface area contributed by atoms with Gasteiger partial charge in [-0.15, -0.1) is 0 Å². The van der Waals surface area contributed by atoms with Crippen LogP contribution in [0, 0.1) is 10.1 Å². The maximum Gasteiger partial charge on any atom is 0.339 e. The molecular weight excluding hydrogens is 310 g/mol. The summed E-state index contributed by atoms with van der Waals surface area (Å²) in [5, 5.41) is 17.5. The Morgan fingerprint density at radius 1 is 1.21 bits per heavy atom. The van der Waals surface area contributed by atoms with Crippen molar-refractivity contribution in [1.29, 1.82) is 0 Å². The topological polar surface area (TPSA) is 99.9 Å². The zero-order valence-electron chi connectivity index (χ0n) is 13.3. The number of nitro groups is 1. The lowest BCUT2D eigenvalue weighted by Gasteiger charge is -2.12. The molecule has 8 heteroatoms. The molecule has 24 heavy (non-hydrogen) atoms. The van der Waals surface area contributed by atoms with Crippen molar-refractivity contribution >= 4 is 29.3 Å². The summed E-state index contributed by atoms with van der Waals surface area (Å²) >= 11 is 0. The second kappa shape index (κ2) is 7.73. The highest BCUT2D eigenvalue weighted by atomic mass is 16.6. The Balaban J connectivity index is 2.02. The van der Waals surface area contributed by atoms with E-state index in [0.29, 0.717) is 16.9 Å². The van der Waals surface area contributed by atoms with Crippen molar-refractivity contribution in [3.05, 3.63) is 64.2 Å². The number of amides is 2. The monoisotopic (exact) mass is 327 g/mol. The van der Waals surface area contributed by atoms with E-state index in [1.165, 1.54) is 12.3 Å². The molecule has 0 aliphatic carbocycles. The number of para-hydroxylation sites is 1. The van der Waals surface area contributed by atoms with E-state index < -0.39 is 11.0 Å². The quantitative estimate of drug-likeness (QED) is 0.501. The fourth-order valence-electron chi connectivity index (χ4n) is 1.99. The van der Waals surface area contributed by atoms with Crippen LogP contribution in [0.1, 0.15) is 5.56 Å². The molecule has 0 bridgehead atoms. The van der Waals surface area contributed by atoms with Crippen molar-refractivity contribution in [1.82, 2.24) is 5.43 Å². The molecule has 0 saturated carbocycles. The molecule has 8 nitrogen and oxygen atoms in total. The summed E-state index contributed by atoms with van der Waals surface area (Å²) in [4.78, 5) is 24.0. The highest BCUT2D eigenvalue weighted by Crippen LogP contribution is 2.27. The lowest BCUT2D eigenvalue weighted by molar-refractivity contribution is -0.384. The number of hydrazone groups is 1. The Kier molecular flexibility index (Phi) is 5.45. The first-order valence-corrected chi connectivity index (χ1v) is 7.08. The average molecular weight is 327 g/mol. The second-order valence-corrected chi connectivity index (χ2v) is 5.09. The third-order valence-corrected chi connectivity index (χ3v) is 3.09. The zero-order chi connectivity index (χ0) is 17.5. The molecule has 0 saturated heterocycles. The predicted octanol–water partition coefficient (Wildman–Crippen LogP) is 2.82. The van der Waals surface area contributed by atoms with Crippen molar-refractivity contribution in [2.24, 2.45) is 5.10 Å². The first-order chi connectivity index (χ1) is 11.5. The van der Waals surface area contributed by atoms with E-state index in [4.69, 9.17) is 0 Å². The van der Waals surface area contributed by atoms with E-state index in [1.807, 2.05) is 6.07 Å². The van der Waals surface area contributed by atoms with Gasteiger partial charge >= 0.3 is 6.03 Å². The summed E-state index contributed by atoms with van der Waals surface area (Å²) in [6.07, 6.45) is 1.34. The van der Waals surface area contributed by atoms with Crippen LogP contribution in [0.5, 0.6) is 0 Å². The fraction of sp³-hybridized carbons (Fsp3) is 0.125. The Bertz CT molecular complexity index is 760. The average Bonchev–Trinajstić information content (AvgIpc) is 2.55. The molecule has 0 heterocycles. The van der Waals surface area contributed by atoms with Gasteiger partial charge in [-0.3, -0.25) is 10.1 Å². The SMILES string of the molecule is CN(C)c1ccc(/C=N\NC(=O)Nc2ccccc2)cc1[N+](=O)[O-]. The summed E-state index contributed by atoms with van der Waals surface area (Å²) in [7, 11) is 3.46. The van der Waals surface area contributed by atoms with Gasteiger partial charge in [0.15, 0.2) is 0 Å². The van der Waals surface area contributed by atoms with Crippen LogP contribution in [0.25, 0.3) is 0 Å². The molecule has 0 spiro atoms. The molecule has 2 amide bonds. The van der Waals surface area contributed by atoms with Crippen LogP contribution in [-0.4, -0.2) is 31.3 Å². The van der Waals surface area contributed by atoms with Gasteiger partial charge in [-0.05, 0) is 18.2 Å². The molecule has 0 atom stereocenters. The predicted molar refractivity (Wildman–Crippen MR) is 93.6 cm³/mol. The molecule has 0 unspecified atom stereocenters. The van der Waals surface area contributed by atoms with Crippen LogP contribution in [0.15, 0.2) is 53.6 Å². The van der Waals surface area contributed by atoms with E-state index >= 15 is 0 Å². The van der Waals surface area contributed by atoms with E-state index in [2.05, 4.69) is 15.8 Å². The largest absolute Gasteiger partial charge is 0.372 e. The number of rotatable bonds is 5. The van der Waals surface area contributed by atoms with Gasteiger partial charge in [0.2, 0.25) is 0 Å². The number of carbonyl (C=O) groups is 1. The molecule has 0 aliphatic heterocycles. The molecule has 124 valence electrons. The van der Waals surface area contributed by atoms with Gasteiger partial charge in [-0.25, -0.2) is 10.2 Å². The maximum atomic E-state index is 11.7. The van der Waals surface area contributed by atoms with Gasteiger partial charge in [-0.1, -0.05) is 24.3 Å². The van der Waals surface area contributed by atoms with Crippen LogP contribution in [0.4, 0.5) is 21.9 Å². The number of anilines is 2. The minimum atomic E-state index is -0.503. The van der Waals surface area contributed by atoms with Crippen LogP contribution in [0.2, 0.25) is 0 Å². The van der Waals surface area contributed by atoms with E-state index in [-0.39, 0.29) is 5.69 Å². The van der Waals surface area contributed by atoms with E-state index in [9.17, 15) is 14.9 Å². The summed E-state index contributed by atoms with van der Waals surface area (Å²) in [6.45, 7) is 0. The molecule has 0 aromatic heterocycles. The molecule has 0 fully saturated rings. The van der Waals surface area contributed by atoms with Gasteiger partial charge in [-0.2, -0.15) is 5.10 Å². The number of urea groups is 1. The van der Waals surface area contributed by atoms with Crippen molar-refractivity contribution in [2.45, 2.75) is 0 Å². The zero-order valence-corrected chi connectivity index (χ0v) is 13.3. The number of nitrogens with one attached hydrogen (secondary N) is 2. The van der Waals surface area contributed by atoms with Crippen molar-refractivity contribution < 1.29 is 9.72 Å². The third-order valence-electron chi connectivity index (χ3n) is 3.09. The number of nitro benzene ring substituents is 1. The molecule has 2 rings (SSSR count). The number of carbonyl (C=O) groups excluding carboxylic acids is 1. The molecule has 2 N–H and O–H groups in total. The Morgan fingerprint density at radius 3 is 2.54 bits per heavy atom. The Hall–Kier alpha value is -3.42. The summed E-state index contributed by atoms with van der Waals surface area (Å²) in [5.74, 6) is 0. The fourth-order valence-corrected chi connectivity index (χ4v) is 1.99. The lowest BCUT2D eigenvalue weighted by atomic mass is 10.2. The standard InChI is InChI=1S/C16H17N5O3/c1-20(2)14-9-8-12(10-15(14)21(23)24)11-17-19-16(22)18-13-6-4-3-5-7-13/h3-11H,1-2H3,(H2,18,19,22)/b17-11-. The van der Waals surface area contributed by atoms with Crippen LogP contribution >= 0.6 is 0 Å². The van der Waals surface area contributed by atoms with Crippen LogP contribution in [-0.2, 0) is 0 Å². The van der Waals surface area contributed by atoms with Gasteiger partial charge < -0.3 is 10.2 Å². The normalized spacial score (nSPS) is 10.4. The molecule has 2 aromatic rings. The lowest BCUT2D eigenvalue weighted by Crippen LogP contribution is -2.24. The molecule has 0 radical (unpaired) electrons. The summed E-state index contributed by atoms with van der Waals surface area (Å²) < 4.78 is 0. The first-order valence-electron chi connectivity index (χ1n) is 7.08. The molecule has 2 aromatic carbocycles. The number of nitrogens with zero attached hydrogens (tertiary/aromatic N) is 3. The summed E-state index contributed by atoms with van der Waals surface area (Å²) in [5.41, 5.74) is 3.91. The minimum absolute atomic E-state index is 0.0299. The van der Waals surface area contributed by atoms with Gasteiger partial charge in [0, 0.05) is 31.4 Å². The maximum absolute atomic E-state index is 11.7. The highest BCUT2D eigenvalue weighted by Gasteiger charge is 2.15. The highest BCUT2D eigenvalue weighted by molar-refractivity contribution is 5.90. The van der Waals surface area contributed by atoms with Crippen LogP contribution in [0.3, 0.4) is 0 Å². The van der Waals surface area contributed by atoms with Crippen LogP contribution < -0.4 is 15.6 Å². The van der Waals surface area contributed by atoms with Crippen molar-refractivity contribution in [3.63, 3.8) is 0 Å². The number of hydrogen-bond donors (Lipinski definition) is 2. The van der Waals surface area contributed by atoms with Crippen molar-refractivity contribution in [3.8, 4) is 0 Å². The first kappa shape index (κ1) is 16.9. The minimum Gasteiger partial charge on any atom is -0.372 e. The smallest absolute Gasteiger partial charge is 0.339 e. The van der Waals surface area contributed by atoms with Crippen molar-refractivity contribution in [2.75, 3.05) is 24.3 Å². The van der Waals surface area contributed by atoms with Gasteiger partial charge in [0.05, 0.1) is 11.1 Å².